The molecule has 0 spiro atoms. The van der Waals surface area contributed by atoms with E-state index >= 15 is 0 Å². The number of likely N-dealkylation sites (N-methyl/N-ethyl adjacent to an activating group) is 2. The van der Waals surface area contributed by atoms with Gasteiger partial charge in [-0.25, -0.2) is 0 Å². The zero-order valence-corrected chi connectivity index (χ0v) is 12.3. The molecule has 2 nitrogen and oxygen atoms in total. The minimum absolute atomic E-state index is 0.723. The highest BCUT2D eigenvalue weighted by atomic mass is 32.2. The van der Waals surface area contributed by atoms with Gasteiger partial charge in [-0.15, -0.1) is 0 Å². The summed E-state index contributed by atoms with van der Waals surface area (Å²) in [5.74, 6) is 3.63. The largest absolute Gasteiger partial charge is 0.313 e. The number of nitrogens with zero attached hydrogens (tertiary/aromatic N) is 1. The Balaban J connectivity index is 1.89. The van der Waals surface area contributed by atoms with Gasteiger partial charge in [-0.3, -0.25) is 0 Å². The molecule has 0 aromatic heterocycles. The van der Waals surface area contributed by atoms with Crippen LogP contribution in [0.1, 0.15) is 39.0 Å². The van der Waals surface area contributed by atoms with Gasteiger partial charge in [0.25, 0.3) is 0 Å². The normalized spacial score (nSPS) is 29.6. The average molecular weight is 256 g/mol. The second kappa shape index (κ2) is 7.01. The number of hydrogen-bond acceptors (Lipinski definition) is 3. The van der Waals surface area contributed by atoms with Gasteiger partial charge >= 0.3 is 0 Å². The van der Waals surface area contributed by atoms with Crippen LogP contribution in [0.15, 0.2) is 0 Å². The summed E-state index contributed by atoms with van der Waals surface area (Å²) >= 11 is 2.14. The van der Waals surface area contributed by atoms with Gasteiger partial charge < -0.3 is 10.2 Å². The molecule has 1 aliphatic heterocycles. The molecule has 2 aliphatic rings. The molecule has 0 aromatic rings. The Morgan fingerprint density at radius 1 is 1.35 bits per heavy atom. The predicted octanol–water partition coefficient (Wildman–Crippen LogP) is 2.59. The Hall–Kier alpha value is 0.270. The molecular formula is C14H28N2S. The van der Waals surface area contributed by atoms with E-state index in [4.69, 9.17) is 0 Å². The molecule has 1 heterocycles. The van der Waals surface area contributed by atoms with E-state index in [1.807, 2.05) is 0 Å². The molecule has 0 amide bonds. The van der Waals surface area contributed by atoms with Crippen molar-refractivity contribution in [2.24, 2.45) is 5.92 Å². The fourth-order valence-corrected chi connectivity index (χ4v) is 4.68. The molecule has 3 heteroatoms. The quantitative estimate of drug-likeness (QED) is 0.814. The monoisotopic (exact) mass is 256 g/mol. The third-order valence-electron chi connectivity index (χ3n) is 4.44. The van der Waals surface area contributed by atoms with Crippen molar-refractivity contribution in [2.45, 2.75) is 51.1 Å². The van der Waals surface area contributed by atoms with Crippen LogP contribution in [0.4, 0.5) is 0 Å². The highest BCUT2D eigenvalue weighted by Gasteiger charge is 2.30. The average Bonchev–Trinajstić information content (AvgIpc) is 2.82. The van der Waals surface area contributed by atoms with Crippen LogP contribution in [0.2, 0.25) is 0 Å². The Morgan fingerprint density at radius 3 is 2.76 bits per heavy atom. The molecule has 0 radical (unpaired) electrons. The van der Waals surface area contributed by atoms with Gasteiger partial charge in [-0.1, -0.05) is 32.6 Å². The summed E-state index contributed by atoms with van der Waals surface area (Å²) in [6.07, 6.45) is 7.30. The topological polar surface area (TPSA) is 15.3 Å². The van der Waals surface area contributed by atoms with E-state index in [1.54, 1.807) is 0 Å². The molecule has 1 saturated carbocycles. The molecular weight excluding hydrogens is 228 g/mol. The van der Waals surface area contributed by atoms with E-state index in [0.29, 0.717) is 0 Å². The lowest BCUT2D eigenvalue weighted by molar-refractivity contribution is 0.195. The third kappa shape index (κ3) is 3.87. The van der Waals surface area contributed by atoms with Gasteiger partial charge in [0.05, 0.1) is 0 Å². The Kier molecular flexibility index (Phi) is 5.64. The maximum Gasteiger partial charge on any atom is 0.0337 e. The van der Waals surface area contributed by atoms with Gasteiger partial charge in [-0.05, 0) is 25.9 Å². The van der Waals surface area contributed by atoms with Crippen molar-refractivity contribution in [3.05, 3.63) is 0 Å². The van der Waals surface area contributed by atoms with Crippen LogP contribution >= 0.6 is 11.8 Å². The van der Waals surface area contributed by atoms with Crippen LogP contribution in [0, 0.1) is 5.92 Å². The molecule has 2 unspecified atom stereocenters. The van der Waals surface area contributed by atoms with Gasteiger partial charge in [0.15, 0.2) is 0 Å². The molecule has 1 N–H and O–H groups in total. The van der Waals surface area contributed by atoms with Crippen LogP contribution in [-0.2, 0) is 0 Å². The summed E-state index contributed by atoms with van der Waals surface area (Å²) < 4.78 is 0. The van der Waals surface area contributed by atoms with Crippen LogP contribution in [0.5, 0.6) is 0 Å². The minimum Gasteiger partial charge on any atom is -0.313 e. The summed E-state index contributed by atoms with van der Waals surface area (Å²) in [5.41, 5.74) is 0. The van der Waals surface area contributed by atoms with Crippen molar-refractivity contribution in [3.63, 3.8) is 0 Å². The SMILES string of the molecule is CCNC(CC1CCCC1)C1CSCCN1C. The van der Waals surface area contributed by atoms with Crippen molar-refractivity contribution < 1.29 is 0 Å². The molecule has 1 saturated heterocycles. The lowest BCUT2D eigenvalue weighted by atomic mass is 9.93. The first-order valence-electron chi connectivity index (χ1n) is 7.32. The lowest BCUT2D eigenvalue weighted by Crippen LogP contribution is -2.53. The second-order valence-electron chi connectivity index (χ2n) is 5.67. The van der Waals surface area contributed by atoms with Crippen LogP contribution in [0.3, 0.4) is 0 Å². The van der Waals surface area contributed by atoms with Crippen LogP contribution < -0.4 is 5.32 Å². The summed E-state index contributed by atoms with van der Waals surface area (Å²) in [4.78, 5) is 2.58. The van der Waals surface area contributed by atoms with E-state index < -0.39 is 0 Å². The van der Waals surface area contributed by atoms with Gasteiger partial charge in [-0.2, -0.15) is 11.8 Å². The van der Waals surface area contributed by atoms with Crippen molar-refractivity contribution in [3.8, 4) is 0 Å². The number of rotatable bonds is 5. The van der Waals surface area contributed by atoms with E-state index in [9.17, 15) is 0 Å². The predicted molar refractivity (Wildman–Crippen MR) is 77.8 cm³/mol. The van der Waals surface area contributed by atoms with Crippen LogP contribution in [0.25, 0.3) is 0 Å². The fraction of sp³-hybridized carbons (Fsp3) is 1.00. The molecule has 17 heavy (non-hydrogen) atoms. The first-order chi connectivity index (χ1) is 8.31. The van der Waals surface area contributed by atoms with Gasteiger partial charge in [0, 0.05) is 30.1 Å². The lowest BCUT2D eigenvalue weighted by Gasteiger charge is -2.39. The van der Waals surface area contributed by atoms with Crippen molar-refractivity contribution in [1.29, 1.82) is 0 Å². The Labute approximate surface area is 111 Å². The van der Waals surface area contributed by atoms with Gasteiger partial charge in [0.2, 0.25) is 0 Å². The standard InChI is InChI=1S/C14H28N2S/c1-3-15-13(10-12-6-4-5-7-12)14-11-17-9-8-16(14)2/h12-15H,3-11H2,1-2H3. The molecule has 2 rings (SSSR count). The summed E-state index contributed by atoms with van der Waals surface area (Å²) in [6, 6.07) is 1.48. The first-order valence-corrected chi connectivity index (χ1v) is 8.48. The van der Waals surface area contributed by atoms with Crippen molar-refractivity contribution in [2.75, 3.05) is 31.6 Å². The van der Waals surface area contributed by atoms with E-state index in [-0.39, 0.29) is 0 Å². The second-order valence-corrected chi connectivity index (χ2v) is 6.82. The summed E-state index contributed by atoms with van der Waals surface area (Å²) in [7, 11) is 2.31. The highest BCUT2D eigenvalue weighted by molar-refractivity contribution is 7.99. The summed E-state index contributed by atoms with van der Waals surface area (Å²) in [5, 5.41) is 3.75. The van der Waals surface area contributed by atoms with Crippen LogP contribution in [-0.4, -0.2) is 48.6 Å². The molecule has 2 atom stereocenters. The van der Waals surface area contributed by atoms with Gasteiger partial charge in [0.1, 0.15) is 0 Å². The molecule has 2 fully saturated rings. The molecule has 100 valence electrons. The first kappa shape index (κ1) is 13.7. The van der Waals surface area contributed by atoms with E-state index in [1.165, 1.54) is 50.2 Å². The highest BCUT2D eigenvalue weighted by Crippen LogP contribution is 2.31. The molecule has 0 aromatic carbocycles. The smallest absolute Gasteiger partial charge is 0.0337 e. The maximum atomic E-state index is 3.75. The van der Waals surface area contributed by atoms with Crippen molar-refractivity contribution in [1.82, 2.24) is 10.2 Å². The van der Waals surface area contributed by atoms with E-state index in [0.717, 1.165) is 24.5 Å². The Morgan fingerprint density at radius 2 is 2.12 bits per heavy atom. The third-order valence-corrected chi connectivity index (χ3v) is 5.48. The fourth-order valence-electron chi connectivity index (χ4n) is 3.37. The number of thioether (sulfide) groups is 1. The number of hydrogen-bond donors (Lipinski definition) is 1. The van der Waals surface area contributed by atoms with E-state index in [2.05, 4.69) is 35.9 Å². The maximum absolute atomic E-state index is 3.75. The molecule has 0 bridgehead atoms. The van der Waals surface area contributed by atoms with Crippen molar-refractivity contribution >= 4 is 11.8 Å². The zero-order chi connectivity index (χ0) is 12.1. The summed E-state index contributed by atoms with van der Waals surface area (Å²) in [6.45, 7) is 4.63. The zero-order valence-electron chi connectivity index (χ0n) is 11.5. The number of nitrogens with one attached hydrogen (secondary N) is 1. The molecule has 1 aliphatic carbocycles. The Bertz CT molecular complexity index is 216. The minimum atomic E-state index is 0.723.